The molecule has 3 N–H and O–H groups in total. The number of nitrogen functional groups attached to an aromatic ring is 1. The predicted octanol–water partition coefficient (Wildman–Crippen LogP) is 3.89. The quantitative estimate of drug-likeness (QED) is 0.649. The predicted molar refractivity (Wildman–Crippen MR) is 89.6 cm³/mol. The first-order chi connectivity index (χ1) is 10.1. The molecule has 0 saturated carbocycles. The van der Waals surface area contributed by atoms with Crippen LogP contribution in [0.5, 0.6) is 0 Å². The Morgan fingerprint density at radius 1 is 1.29 bits per heavy atom. The molecular formula is C16H17ClN2OS. The fourth-order valence-electron chi connectivity index (χ4n) is 1.88. The highest BCUT2D eigenvalue weighted by Gasteiger charge is 2.10. The van der Waals surface area contributed by atoms with Crippen LogP contribution in [0.3, 0.4) is 0 Å². The second-order valence-corrected chi connectivity index (χ2v) is 6.12. The van der Waals surface area contributed by atoms with E-state index in [4.69, 9.17) is 17.3 Å². The van der Waals surface area contributed by atoms with Gasteiger partial charge in [0, 0.05) is 15.6 Å². The number of nitrogens with one attached hydrogen (secondary N) is 1. The van der Waals surface area contributed by atoms with E-state index in [0.29, 0.717) is 16.5 Å². The summed E-state index contributed by atoms with van der Waals surface area (Å²) in [6.45, 7) is 1.96. The molecule has 0 heterocycles. The van der Waals surface area contributed by atoms with Crippen molar-refractivity contribution in [3.8, 4) is 0 Å². The molecule has 1 unspecified atom stereocenters. The molecule has 0 aromatic heterocycles. The summed E-state index contributed by atoms with van der Waals surface area (Å²) in [7, 11) is 0. The number of anilines is 1. The van der Waals surface area contributed by atoms with Gasteiger partial charge >= 0.3 is 0 Å². The summed E-state index contributed by atoms with van der Waals surface area (Å²) in [4.78, 5) is 12.8. The average molecular weight is 321 g/mol. The van der Waals surface area contributed by atoms with Crippen molar-refractivity contribution in [2.75, 3.05) is 11.5 Å². The summed E-state index contributed by atoms with van der Waals surface area (Å²) in [6, 6.07) is 15.1. The number of thioether (sulfide) groups is 1. The van der Waals surface area contributed by atoms with Crippen LogP contribution in [-0.4, -0.2) is 11.7 Å². The lowest BCUT2D eigenvalue weighted by atomic mass is 10.1. The second-order valence-electron chi connectivity index (χ2n) is 4.67. The van der Waals surface area contributed by atoms with E-state index in [1.807, 2.05) is 37.3 Å². The van der Waals surface area contributed by atoms with E-state index in [2.05, 4.69) is 5.32 Å². The summed E-state index contributed by atoms with van der Waals surface area (Å²) in [5, 5.41) is 3.58. The molecule has 0 saturated heterocycles. The minimum atomic E-state index is -0.0317. The summed E-state index contributed by atoms with van der Waals surface area (Å²) in [6.07, 6.45) is 0. The van der Waals surface area contributed by atoms with Crippen LogP contribution in [0.4, 0.5) is 5.69 Å². The van der Waals surface area contributed by atoms with Crippen LogP contribution < -0.4 is 11.1 Å². The molecule has 1 amide bonds. The fraction of sp³-hybridized carbons (Fsp3) is 0.188. The van der Waals surface area contributed by atoms with Crippen LogP contribution in [0, 0.1) is 0 Å². The largest absolute Gasteiger partial charge is 0.398 e. The van der Waals surface area contributed by atoms with E-state index >= 15 is 0 Å². The molecule has 21 heavy (non-hydrogen) atoms. The number of carbonyl (C=O) groups is 1. The Bertz CT molecular complexity index is 619. The van der Waals surface area contributed by atoms with E-state index in [1.165, 1.54) is 11.8 Å². The van der Waals surface area contributed by atoms with Crippen LogP contribution in [0.15, 0.2) is 53.4 Å². The molecule has 3 nitrogen and oxygen atoms in total. The third-order valence-corrected chi connectivity index (χ3v) is 4.32. The van der Waals surface area contributed by atoms with Gasteiger partial charge in [-0.2, -0.15) is 0 Å². The van der Waals surface area contributed by atoms with Gasteiger partial charge in [0.15, 0.2) is 0 Å². The van der Waals surface area contributed by atoms with Gasteiger partial charge in [-0.25, -0.2) is 0 Å². The Hall–Kier alpha value is -1.65. The van der Waals surface area contributed by atoms with Crippen molar-refractivity contribution >= 4 is 35.0 Å². The van der Waals surface area contributed by atoms with E-state index in [1.54, 1.807) is 18.2 Å². The van der Waals surface area contributed by atoms with E-state index in [-0.39, 0.29) is 11.9 Å². The molecule has 0 aliphatic rings. The van der Waals surface area contributed by atoms with E-state index < -0.39 is 0 Å². The third-order valence-electron chi connectivity index (χ3n) is 3.01. The van der Waals surface area contributed by atoms with Gasteiger partial charge in [-0.15, -0.1) is 11.8 Å². The van der Waals surface area contributed by atoms with Gasteiger partial charge in [0.05, 0.1) is 11.8 Å². The van der Waals surface area contributed by atoms with Gasteiger partial charge < -0.3 is 11.1 Å². The first-order valence-corrected chi connectivity index (χ1v) is 7.95. The summed E-state index contributed by atoms with van der Waals surface area (Å²) in [5.41, 5.74) is 7.57. The minimum Gasteiger partial charge on any atom is -0.398 e. The highest BCUT2D eigenvalue weighted by molar-refractivity contribution is 8.00. The first-order valence-electron chi connectivity index (χ1n) is 6.58. The van der Waals surface area contributed by atoms with Gasteiger partial charge in [-0.3, -0.25) is 4.79 Å². The van der Waals surface area contributed by atoms with Crippen LogP contribution in [0.2, 0.25) is 5.02 Å². The molecule has 0 bridgehead atoms. The Balaban J connectivity index is 1.89. The molecule has 0 aliphatic carbocycles. The average Bonchev–Trinajstić information content (AvgIpc) is 2.49. The maximum absolute atomic E-state index is 12.0. The Morgan fingerprint density at radius 2 is 2.00 bits per heavy atom. The zero-order chi connectivity index (χ0) is 15.2. The maximum atomic E-state index is 12.0. The van der Waals surface area contributed by atoms with Crippen molar-refractivity contribution in [2.45, 2.75) is 17.9 Å². The fourth-order valence-corrected chi connectivity index (χ4v) is 2.94. The molecule has 0 aliphatic heterocycles. The van der Waals surface area contributed by atoms with Crippen LogP contribution in [0.1, 0.15) is 18.5 Å². The van der Waals surface area contributed by atoms with Crippen LogP contribution in [-0.2, 0) is 4.79 Å². The Labute approximate surface area is 133 Å². The number of nitrogens with two attached hydrogens (primary N) is 1. The number of rotatable bonds is 5. The number of hydrogen-bond donors (Lipinski definition) is 2. The van der Waals surface area contributed by atoms with Crippen LogP contribution >= 0.6 is 23.4 Å². The topological polar surface area (TPSA) is 55.1 Å². The lowest BCUT2D eigenvalue weighted by Crippen LogP contribution is -2.28. The highest BCUT2D eigenvalue weighted by atomic mass is 35.5. The normalized spacial score (nSPS) is 11.9. The third kappa shape index (κ3) is 4.69. The zero-order valence-corrected chi connectivity index (χ0v) is 13.2. The second kappa shape index (κ2) is 7.38. The van der Waals surface area contributed by atoms with Crippen LogP contribution in [0.25, 0.3) is 0 Å². The summed E-state index contributed by atoms with van der Waals surface area (Å²) in [5.74, 6) is 0.276. The molecule has 1 atom stereocenters. The van der Waals surface area contributed by atoms with Gasteiger partial charge in [0.25, 0.3) is 0 Å². The number of halogens is 1. The summed E-state index contributed by atoms with van der Waals surface area (Å²) >= 11 is 7.31. The molecule has 0 spiro atoms. The standard InChI is InChI=1S/C16H17ClN2OS/c1-11(12-5-3-2-4-6-12)19-16(20)10-21-15-9-13(17)7-8-14(15)18/h2-9,11H,10,18H2,1H3,(H,19,20). The maximum Gasteiger partial charge on any atom is 0.230 e. The number of hydrogen-bond acceptors (Lipinski definition) is 3. The van der Waals surface area contributed by atoms with Crippen molar-refractivity contribution in [3.05, 3.63) is 59.1 Å². The number of benzene rings is 2. The van der Waals surface area contributed by atoms with Crippen molar-refractivity contribution < 1.29 is 4.79 Å². The van der Waals surface area contributed by atoms with Gasteiger partial charge in [-0.1, -0.05) is 41.9 Å². The van der Waals surface area contributed by atoms with Crippen molar-refractivity contribution in [2.24, 2.45) is 0 Å². The van der Waals surface area contributed by atoms with Crippen molar-refractivity contribution in [3.63, 3.8) is 0 Å². The number of amides is 1. The molecule has 0 fully saturated rings. The molecule has 0 radical (unpaired) electrons. The van der Waals surface area contributed by atoms with E-state index in [9.17, 15) is 4.79 Å². The lowest BCUT2D eigenvalue weighted by molar-refractivity contribution is -0.119. The molecule has 2 aromatic carbocycles. The Morgan fingerprint density at radius 3 is 2.71 bits per heavy atom. The first kappa shape index (κ1) is 15.7. The highest BCUT2D eigenvalue weighted by Crippen LogP contribution is 2.28. The molecule has 2 rings (SSSR count). The van der Waals surface area contributed by atoms with Gasteiger partial charge in [0.1, 0.15) is 0 Å². The monoisotopic (exact) mass is 320 g/mol. The lowest BCUT2D eigenvalue weighted by Gasteiger charge is -2.14. The minimum absolute atomic E-state index is 0.0176. The van der Waals surface area contributed by atoms with Gasteiger partial charge in [0.2, 0.25) is 5.91 Å². The smallest absolute Gasteiger partial charge is 0.230 e. The van der Waals surface area contributed by atoms with Crippen molar-refractivity contribution in [1.82, 2.24) is 5.32 Å². The summed E-state index contributed by atoms with van der Waals surface area (Å²) < 4.78 is 0. The van der Waals surface area contributed by atoms with Gasteiger partial charge in [-0.05, 0) is 30.7 Å². The molecule has 2 aromatic rings. The SMILES string of the molecule is CC(NC(=O)CSc1cc(Cl)ccc1N)c1ccccc1. The molecule has 110 valence electrons. The number of carbonyl (C=O) groups excluding carboxylic acids is 1. The Kier molecular flexibility index (Phi) is 5.53. The zero-order valence-electron chi connectivity index (χ0n) is 11.7. The molecule has 5 heteroatoms. The van der Waals surface area contributed by atoms with E-state index in [0.717, 1.165) is 10.5 Å². The molecular weight excluding hydrogens is 304 g/mol. The van der Waals surface area contributed by atoms with Crippen molar-refractivity contribution in [1.29, 1.82) is 0 Å².